The van der Waals surface area contributed by atoms with Crippen LogP contribution in [0.4, 0.5) is 0 Å². The van der Waals surface area contributed by atoms with Crippen molar-refractivity contribution in [1.82, 2.24) is 0 Å². The molecule has 0 saturated carbocycles. The molecular formula is C16H17BrClNO. The van der Waals surface area contributed by atoms with Crippen molar-refractivity contribution in [3.63, 3.8) is 0 Å². The van der Waals surface area contributed by atoms with Gasteiger partial charge in [0, 0.05) is 15.5 Å². The molecule has 106 valence electrons. The van der Waals surface area contributed by atoms with Crippen LogP contribution in [0.3, 0.4) is 0 Å². The molecule has 1 unspecified atom stereocenters. The molecule has 0 radical (unpaired) electrons. The van der Waals surface area contributed by atoms with Crippen molar-refractivity contribution in [2.75, 3.05) is 0 Å². The molecule has 0 fully saturated rings. The molecule has 0 heterocycles. The quantitative estimate of drug-likeness (QED) is 0.803. The standard InChI is InChI=1S/C16H17BrClNO/c1-2-14(19)9-11-8-12(17)6-7-16(11)20-15-5-3-4-13(18)10-15/h3-8,10,14H,2,9,19H2,1H3. The van der Waals surface area contributed by atoms with Gasteiger partial charge in [-0.3, -0.25) is 0 Å². The summed E-state index contributed by atoms with van der Waals surface area (Å²) in [7, 11) is 0. The lowest BCUT2D eigenvalue weighted by molar-refractivity contribution is 0.472. The molecular weight excluding hydrogens is 338 g/mol. The Kier molecular flexibility index (Phi) is 5.46. The fourth-order valence-electron chi connectivity index (χ4n) is 1.89. The lowest BCUT2D eigenvalue weighted by Gasteiger charge is -2.15. The van der Waals surface area contributed by atoms with Crippen molar-refractivity contribution in [3.05, 3.63) is 57.5 Å². The second-order valence-electron chi connectivity index (χ2n) is 4.68. The van der Waals surface area contributed by atoms with Gasteiger partial charge in [-0.05, 0) is 54.8 Å². The van der Waals surface area contributed by atoms with E-state index >= 15 is 0 Å². The van der Waals surface area contributed by atoms with E-state index in [1.807, 2.05) is 30.3 Å². The Morgan fingerprint density at radius 3 is 2.75 bits per heavy atom. The zero-order valence-electron chi connectivity index (χ0n) is 11.3. The Bertz CT molecular complexity index is 588. The smallest absolute Gasteiger partial charge is 0.130 e. The first-order valence-electron chi connectivity index (χ1n) is 6.56. The summed E-state index contributed by atoms with van der Waals surface area (Å²) in [4.78, 5) is 0. The Hall–Kier alpha value is -1.03. The van der Waals surface area contributed by atoms with Gasteiger partial charge in [0.2, 0.25) is 0 Å². The minimum absolute atomic E-state index is 0.131. The predicted octanol–water partition coefficient (Wildman–Crippen LogP) is 5.17. The molecule has 0 saturated heterocycles. The summed E-state index contributed by atoms with van der Waals surface area (Å²) < 4.78 is 6.95. The summed E-state index contributed by atoms with van der Waals surface area (Å²) in [6.45, 7) is 2.08. The van der Waals surface area contributed by atoms with Gasteiger partial charge in [0.1, 0.15) is 11.5 Å². The molecule has 0 bridgehead atoms. The van der Waals surface area contributed by atoms with Gasteiger partial charge in [-0.2, -0.15) is 0 Å². The lowest BCUT2D eigenvalue weighted by atomic mass is 10.0. The monoisotopic (exact) mass is 353 g/mol. The third-order valence-electron chi connectivity index (χ3n) is 3.05. The molecule has 0 aromatic heterocycles. The first-order valence-corrected chi connectivity index (χ1v) is 7.73. The molecule has 2 N–H and O–H groups in total. The maximum absolute atomic E-state index is 6.05. The van der Waals surface area contributed by atoms with Crippen LogP contribution in [0.5, 0.6) is 11.5 Å². The van der Waals surface area contributed by atoms with Crippen LogP contribution in [-0.4, -0.2) is 6.04 Å². The molecule has 0 aliphatic rings. The number of ether oxygens (including phenoxy) is 1. The molecule has 20 heavy (non-hydrogen) atoms. The molecule has 1 atom stereocenters. The van der Waals surface area contributed by atoms with E-state index in [-0.39, 0.29) is 6.04 Å². The first kappa shape index (κ1) is 15.4. The van der Waals surface area contributed by atoms with Gasteiger partial charge < -0.3 is 10.5 Å². The molecule has 2 aromatic rings. The predicted molar refractivity (Wildman–Crippen MR) is 87.6 cm³/mol. The third-order valence-corrected chi connectivity index (χ3v) is 3.78. The van der Waals surface area contributed by atoms with E-state index in [4.69, 9.17) is 22.1 Å². The largest absolute Gasteiger partial charge is 0.457 e. The summed E-state index contributed by atoms with van der Waals surface area (Å²) in [6, 6.07) is 13.5. The van der Waals surface area contributed by atoms with Crippen molar-refractivity contribution in [3.8, 4) is 11.5 Å². The highest BCUT2D eigenvalue weighted by Crippen LogP contribution is 2.30. The Balaban J connectivity index is 2.26. The molecule has 2 rings (SSSR count). The van der Waals surface area contributed by atoms with Crippen LogP contribution < -0.4 is 10.5 Å². The van der Waals surface area contributed by atoms with E-state index in [0.29, 0.717) is 5.02 Å². The van der Waals surface area contributed by atoms with E-state index in [1.54, 1.807) is 6.07 Å². The minimum Gasteiger partial charge on any atom is -0.457 e. The van der Waals surface area contributed by atoms with Gasteiger partial charge in [-0.15, -0.1) is 0 Å². The normalized spacial score (nSPS) is 12.2. The summed E-state index contributed by atoms with van der Waals surface area (Å²) >= 11 is 9.46. The molecule has 0 aliphatic carbocycles. The van der Waals surface area contributed by atoms with Gasteiger partial charge in [0.05, 0.1) is 0 Å². The Morgan fingerprint density at radius 1 is 1.25 bits per heavy atom. The minimum atomic E-state index is 0.131. The lowest BCUT2D eigenvalue weighted by Crippen LogP contribution is -2.21. The van der Waals surface area contributed by atoms with E-state index in [9.17, 15) is 0 Å². The summed E-state index contributed by atoms with van der Waals surface area (Å²) in [6.07, 6.45) is 1.72. The summed E-state index contributed by atoms with van der Waals surface area (Å²) in [5, 5.41) is 0.659. The number of benzene rings is 2. The molecule has 2 nitrogen and oxygen atoms in total. The second kappa shape index (κ2) is 7.11. The van der Waals surface area contributed by atoms with Gasteiger partial charge in [-0.1, -0.05) is 40.5 Å². The van der Waals surface area contributed by atoms with Crippen molar-refractivity contribution < 1.29 is 4.74 Å². The van der Waals surface area contributed by atoms with Crippen LogP contribution >= 0.6 is 27.5 Å². The Labute approximate surface area is 133 Å². The molecule has 0 aliphatic heterocycles. The first-order chi connectivity index (χ1) is 9.58. The van der Waals surface area contributed by atoms with Crippen LogP contribution in [0, 0.1) is 0 Å². The highest BCUT2D eigenvalue weighted by Gasteiger charge is 2.10. The van der Waals surface area contributed by atoms with E-state index in [2.05, 4.69) is 28.9 Å². The van der Waals surface area contributed by atoms with Crippen LogP contribution in [0.25, 0.3) is 0 Å². The topological polar surface area (TPSA) is 35.2 Å². The number of hydrogen-bond donors (Lipinski definition) is 1. The molecule has 4 heteroatoms. The summed E-state index contributed by atoms with van der Waals surface area (Å²) in [5.74, 6) is 1.55. The average Bonchev–Trinajstić information content (AvgIpc) is 2.42. The van der Waals surface area contributed by atoms with Crippen molar-refractivity contribution in [2.24, 2.45) is 5.73 Å². The van der Waals surface area contributed by atoms with Crippen LogP contribution in [-0.2, 0) is 6.42 Å². The van der Waals surface area contributed by atoms with Gasteiger partial charge in [0.15, 0.2) is 0 Å². The van der Waals surface area contributed by atoms with E-state index in [1.165, 1.54) is 0 Å². The number of nitrogens with two attached hydrogens (primary N) is 1. The fourth-order valence-corrected chi connectivity index (χ4v) is 2.48. The van der Waals surface area contributed by atoms with Crippen LogP contribution in [0.2, 0.25) is 5.02 Å². The van der Waals surface area contributed by atoms with Crippen molar-refractivity contribution in [2.45, 2.75) is 25.8 Å². The third kappa shape index (κ3) is 4.23. The average molecular weight is 355 g/mol. The number of rotatable bonds is 5. The van der Waals surface area contributed by atoms with Gasteiger partial charge in [-0.25, -0.2) is 0 Å². The summed E-state index contributed by atoms with van der Waals surface area (Å²) in [5.41, 5.74) is 7.14. The highest BCUT2D eigenvalue weighted by atomic mass is 79.9. The van der Waals surface area contributed by atoms with Crippen LogP contribution in [0.1, 0.15) is 18.9 Å². The Morgan fingerprint density at radius 2 is 2.05 bits per heavy atom. The van der Waals surface area contributed by atoms with Gasteiger partial charge in [0.25, 0.3) is 0 Å². The van der Waals surface area contributed by atoms with Crippen molar-refractivity contribution in [1.29, 1.82) is 0 Å². The molecule has 0 spiro atoms. The zero-order valence-corrected chi connectivity index (χ0v) is 13.6. The van der Waals surface area contributed by atoms with E-state index in [0.717, 1.165) is 34.4 Å². The maximum Gasteiger partial charge on any atom is 0.130 e. The zero-order chi connectivity index (χ0) is 14.5. The van der Waals surface area contributed by atoms with E-state index < -0.39 is 0 Å². The number of halogens is 2. The SMILES string of the molecule is CCC(N)Cc1cc(Br)ccc1Oc1cccc(Cl)c1. The maximum atomic E-state index is 6.05. The fraction of sp³-hybridized carbons (Fsp3) is 0.250. The van der Waals surface area contributed by atoms with Crippen LogP contribution in [0.15, 0.2) is 46.9 Å². The molecule has 0 amide bonds. The highest BCUT2D eigenvalue weighted by molar-refractivity contribution is 9.10. The van der Waals surface area contributed by atoms with Crippen molar-refractivity contribution >= 4 is 27.5 Å². The van der Waals surface area contributed by atoms with Gasteiger partial charge >= 0.3 is 0 Å². The number of hydrogen-bond acceptors (Lipinski definition) is 2. The molecule has 2 aromatic carbocycles. The second-order valence-corrected chi connectivity index (χ2v) is 6.04.